The van der Waals surface area contributed by atoms with E-state index in [2.05, 4.69) is 120 Å². The van der Waals surface area contributed by atoms with Gasteiger partial charge in [-0.1, -0.05) is 86.6 Å². The molecule has 1 aliphatic carbocycles. The van der Waals surface area contributed by atoms with Crippen molar-refractivity contribution in [1.29, 1.82) is 0 Å². The highest BCUT2D eigenvalue weighted by Gasteiger charge is 2.39. The molecule has 170 valence electrons. The van der Waals surface area contributed by atoms with Crippen LogP contribution in [0.25, 0.3) is 60.3 Å². The van der Waals surface area contributed by atoms with Gasteiger partial charge in [0, 0.05) is 33.5 Å². The molecule has 0 unspecified atom stereocenters. The van der Waals surface area contributed by atoms with E-state index in [0.29, 0.717) is 0 Å². The number of fused-ring (bicyclic) bond motifs is 10. The maximum Gasteiger partial charge on any atom is 0.0703 e. The van der Waals surface area contributed by atoms with Gasteiger partial charge in [0.2, 0.25) is 0 Å². The fourth-order valence-corrected chi connectivity index (χ4v) is 6.68. The van der Waals surface area contributed by atoms with Crippen molar-refractivity contribution in [3.05, 3.63) is 120 Å². The average Bonchev–Trinajstić information content (AvgIpc) is 3.37. The van der Waals surface area contributed by atoms with Crippen LogP contribution in [0.15, 0.2) is 109 Å². The molecule has 0 fully saturated rings. The molecule has 0 spiro atoms. The molecule has 8 rings (SSSR count). The number of nitrogens with zero attached hydrogens (tertiary/aromatic N) is 2. The van der Waals surface area contributed by atoms with Gasteiger partial charge in [-0.2, -0.15) is 0 Å². The lowest BCUT2D eigenvalue weighted by molar-refractivity contribution is 0.670. The van der Waals surface area contributed by atoms with Crippen LogP contribution < -0.4 is 0 Å². The van der Waals surface area contributed by atoms with Gasteiger partial charge in [0.1, 0.15) is 0 Å². The molecule has 7 aromatic rings. The number of hydrogen-bond donors (Lipinski definition) is 0. The van der Waals surface area contributed by atoms with E-state index in [0.717, 1.165) is 10.9 Å². The lowest BCUT2D eigenvalue weighted by atomic mass is 9.79. The van der Waals surface area contributed by atoms with Crippen LogP contribution in [0.5, 0.6) is 0 Å². The van der Waals surface area contributed by atoms with Gasteiger partial charge in [0.15, 0.2) is 0 Å². The first-order chi connectivity index (χ1) is 17.6. The molecule has 36 heavy (non-hydrogen) atoms. The van der Waals surface area contributed by atoms with Gasteiger partial charge in [-0.05, 0) is 63.4 Å². The molecular formula is C34H24N2. The Labute approximate surface area is 209 Å². The molecule has 0 saturated heterocycles. The first kappa shape index (κ1) is 19.8. The van der Waals surface area contributed by atoms with Crippen LogP contribution >= 0.6 is 0 Å². The van der Waals surface area contributed by atoms with Crippen molar-refractivity contribution in [2.45, 2.75) is 19.3 Å². The molecule has 0 saturated carbocycles. The van der Waals surface area contributed by atoms with Gasteiger partial charge >= 0.3 is 0 Å². The standard InChI is InChI=1S/C34H24N2/c1-34(2)31-24-10-4-3-8-21(24)13-15-26(31)27-16-17-28-25-11-5-6-12-30(25)36(33(28)32(27)34)23-14-18-29-22(20-23)9-7-19-35-29/h3-20H,1-2H3. The number of hydrogen-bond acceptors (Lipinski definition) is 1. The highest BCUT2D eigenvalue weighted by molar-refractivity contribution is 6.14. The van der Waals surface area contributed by atoms with Crippen molar-refractivity contribution in [3.63, 3.8) is 0 Å². The predicted molar refractivity (Wildman–Crippen MR) is 151 cm³/mol. The summed E-state index contributed by atoms with van der Waals surface area (Å²) in [6, 6.07) is 37.7. The third-order valence-corrected chi connectivity index (χ3v) is 8.15. The summed E-state index contributed by atoms with van der Waals surface area (Å²) < 4.78 is 2.48. The van der Waals surface area contributed by atoms with Crippen molar-refractivity contribution >= 4 is 43.5 Å². The van der Waals surface area contributed by atoms with Crippen LogP contribution in [-0.4, -0.2) is 9.55 Å². The zero-order chi connectivity index (χ0) is 24.0. The largest absolute Gasteiger partial charge is 0.309 e. The Hall–Kier alpha value is -4.43. The Morgan fingerprint density at radius 1 is 0.611 bits per heavy atom. The van der Waals surface area contributed by atoms with Crippen molar-refractivity contribution < 1.29 is 0 Å². The molecule has 0 amide bonds. The van der Waals surface area contributed by atoms with Gasteiger partial charge in [-0.15, -0.1) is 0 Å². The second-order valence-electron chi connectivity index (χ2n) is 10.5. The van der Waals surface area contributed by atoms with Crippen LogP contribution in [0.3, 0.4) is 0 Å². The third kappa shape index (κ3) is 2.43. The van der Waals surface area contributed by atoms with E-state index in [1.807, 2.05) is 12.3 Å². The smallest absolute Gasteiger partial charge is 0.0703 e. The molecule has 2 aromatic heterocycles. The maximum absolute atomic E-state index is 4.56. The molecule has 5 aromatic carbocycles. The summed E-state index contributed by atoms with van der Waals surface area (Å²) in [4.78, 5) is 4.56. The molecule has 2 heteroatoms. The van der Waals surface area contributed by atoms with Crippen molar-refractivity contribution in [2.24, 2.45) is 0 Å². The summed E-state index contributed by atoms with van der Waals surface area (Å²) >= 11 is 0. The molecule has 2 heterocycles. The van der Waals surface area contributed by atoms with Gasteiger partial charge in [0.25, 0.3) is 0 Å². The number of aromatic nitrogens is 2. The number of pyridine rings is 1. The summed E-state index contributed by atoms with van der Waals surface area (Å²) in [5, 5.41) is 6.40. The second kappa shape index (κ2) is 6.83. The van der Waals surface area contributed by atoms with Gasteiger partial charge in [-0.3, -0.25) is 4.98 Å². The minimum atomic E-state index is -0.143. The van der Waals surface area contributed by atoms with E-state index in [-0.39, 0.29) is 5.41 Å². The first-order valence-electron chi connectivity index (χ1n) is 12.6. The summed E-state index contributed by atoms with van der Waals surface area (Å²) in [5.41, 5.74) is 10.1. The average molecular weight is 461 g/mol. The quantitative estimate of drug-likeness (QED) is 0.239. The van der Waals surface area contributed by atoms with Crippen LogP contribution in [0, 0.1) is 0 Å². The highest BCUT2D eigenvalue weighted by Crippen LogP contribution is 2.54. The molecule has 0 atom stereocenters. The minimum Gasteiger partial charge on any atom is -0.309 e. The molecule has 2 nitrogen and oxygen atoms in total. The number of para-hydroxylation sites is 1. The number of benzene rings is 5. The van der Waals surface area contributed by atoms with Crippen LogP contribution in [0.4, 0.5) is 0 Å². The van der Waals surface area contributed by atoms with E-state index in [9.17, 15) is 0 Å². The van der Waals surface area contributed by atoms with Crippen molar-refractivity contribution in [3.8, 4) is 16.8 Å². The van der Waals surface area contributed by atoms with E-state index < -0.39 is 0 Å². The van der Waals surface area contributed by atoms with Crippen molar-refractivity contribution in [1.82, 2.24) is 9.55 Å². The van der Waals surface area contributed by atoms with Crippen LogP contribution in [-0.2, 0) is 5.41 Å². The topological polar surface area (TPSA) is 17.8 Å². The van der Waals surface area contributed by atoms with Gasteiger partial charge in [-0.25, -0.2) is 0 Å². The summed E-state index contributed by atoms with van der Waals surface area (Å²) in [5.74, 6) is 0. The van der Waals surface area contributed by atoms with E-state index in [1.54, 1.807) is 0 Å². The SMILES string of the molecule is CC1(C)c2c(ccc3ccccc23)-c2ccc3c4ccccc4n(-c4ccc5ncccc5c4)c3c21. The maximum atomic E-state index is 4.56. The second-order valence-corrected chi connectivity index (χ2v) is 10.5. The Balaban J connectivity index is 1.55. The fourth-order valence-electron chi connectivity index (χ4n) is 6.68. The zero-order valence-electron chi connectivity index (χ0n) is 20.3. The lowest BCUT2D eigenvalue weighted by Gasteiger charge is -2.25. The summed E-state index contributed by atoms with van der Waals surface area (Å²) in [6.07, 6.45) is 1.86. The van der Waals surface area contributed by atoms with Crippen LogP contribution in [0.2, 0.25) is 0 Å². The Bertz CT molecular complexity index is 2020. The lowest BCUT2D eigenvalue weighted by Crippen LogP contribution is -2.17. The van der Waals surface area contributed by atoms with E-state index in [4.69, 9.17) is 0 Å². The van der Waals surface area contributed by atoms with Gasteiger partial charge < -0.3 is 4.57 Å². The molecule has 0 N–H and O–H groups in total. The first-order valence-corrected chi connectivity index (χ1v) is 12.6. The molecule has 1 aliphatic rings. The van der Waals surface area contributed by atoms with Crippen LogP contribution in [0.1, 0.15) is 25.0 Å². The van der Waals surface area contributed by atoms with E-state index >= 15 is 0 Å². The summed E-state index contributed by atoms with van der Waals surface area (Å²) in [7, 11) is 0. The monoisotopic (exact) mass is 460 g/mol. The predicted octanol–water partition coefficient (Wildman–Crippen LogP) is 8.79. The molecule has 0 radical (unpaired) electrons. The van der Waals surface area contributed by atoms with E-state index in [1.165, 1.54) is 60.5 Å². The van der Waals surface area contributed by atoms with Gasteiger partial charge in [0.05, 0.1) is 16.6 Å². The fraction of sp³-hybridized carbons (Fsp3) is 0.0882. The number of rotatable bonds is 1. The highest BCUT2D eigenvalue weighted by atomic mass is 15.0. The van der Waals surface area contributed by atoms with Crippen molar-refractivity contribution in [2.75, 3.05) is 0 Å². The minimum absolute atomic E-state index is 0.143. The Morgan fingerprint density at radius 2 is 1.36 bits per heavy atom. The Morgan fingerprint density at radius 3 is 2.28 bits per heavy atom. The normalized spacial score (nSPS) is 14.1. The molecule has 0 bridgehead atoms. The molecule has 0 aliphatic heterocycles. The zero-order valence-corrected chi connectivity index (χ0v) is 20.3. The Kier molecular flexibility index (Phi) is 3.76. The summed E-state index contributed by atoms with van der Waals surface area (Å²) in [6.45, 7) is 4.80. The third-order valence-electron chi connectivity index (χ3n) is 8.15. The molecular weight excluding hydrogens is 436 g/mol.